The van der Waals surface area contributed by atoms with Crippen molar-refractivity contribution in [3.05, 3.63) is 59.7 Å². The molecule has 0 aliphatic rings. The fraction of sp³-hybridized carbons (Fsp3) is 0.278. The lowest BCUT2D eigenvalue weighted by molar-refractivity contribution is 0.0602. The lowest BCUT2D eigenvalue weighted by Gasteiger charge is -2.18. The quantitative estimate of drug-likeness (QED) is 0.633. The van der Waals surface area contributed by atoms with Crippen molar-refractivity contribution >= 4 is 17.3 Å². The van der Waals surface area contributed by atoms with E-state index in [1.807, 2.05) is 24.3 Å². The zero-order valence-corrected chi connectivity index (χ0v) is 13.0. The van der Waals surface area contributed by atoms with Crippen LogP contribution in [0, 0.1) is 0 Å². The van der Waals surface area contributed by atoms with Crippen LogP contribution < -0.4 is 11.1 Å². The molecule has 0 aromatic heterocycles. The molecule has 0 fully saturated rings. The van der Waals surface area contributed by atoms with E-state index in [0.717, 1.165) is 18.5 Å². The maximum absolute atomic E-state index is 11.8. The van der Waals surface area contributed by atoms with Gasteiger partial charge in [-0.05, 0) is 43.5 Å². The van der Waals surface area contributed by atoms with Crippen molar-refractivity contribution in [3.8, 4) is 0 Å². The van der Waals surface area contributed by atoms with Crippen molar-refractivity contribution in [1.29, 1.82) is 0 Å². The van der Waals surface area contributed by atoms with Gasteiger partial charge in [0.05, 0.1) is 12.7 Å². The predicted molar refractivity (Wildman–Crippen MR) is 90.0 cm³/mol. The summed E-state index contributed by atoms with van der Waals surface area (Å²) in [4.78, 5) is 11.8. The zero-order chi connectivity index (χ0) is 15.9. The highest BCUT2D eigenvalue weighted by Crippen LogP contribution is 2.21. The van der Waals surface area contributed by atoms with E-state index in [2.05, 4.69) is 24.4 Å². The number of carbonyl (C=O) groups is 1. The van der Waals surface area contributed by atoms with Crippen molar-refractivity contribution < 1.29 is 9.53 Å². The number of carbonyl (C=O) groups excluding carboxylic acids is 1. The lowest BCUT2D eigenvalue weighted by atomic mass is 10.1. The van der Waals surface area contributed by atoms with E-state index < -0.39 is 0 Å². The summed E-state index contributed by atoms with van der Waals surface area (Å²) in [7, 11) is 1.37. The first-order chi connectivity index (χ1) is 10.6. The second-order valence-electron chi connectivity index (χ2n) is 5.37. The van der Waals surface area contributed by atoms with E-state index in [0.29, 0.717) is 11.3 Å². The molecular formula is C18H22N2O2. The number of aryl methyl sites for hydroxylation is 1. The third-order valence-corrected chi connectivity index (χ3v) is 3.56. The SMILES string of the molecule is COC(=O)c1cc(N)ccc1NC(C)CCc1ccccc1. The van der Waals surface area contributed by atoms with Crippen LogP contribution in [0.3, 0.4) is 0 Å². The molecule has 0 bridgehead atoms. The fourth-order valence-electron chi connectivity index (χ4n) is 2.33. The maximum Gasteiger partial charge on any atom is 0.340 e. The second-order valence-corrected chi connectivity index (χ2v) is 5.37. The van der Waals surface area contributed by atoms with Crippen molar-refractivity contribution in [2.75, 3.05) is 18.2 Å². The van der Waals surface area contributed by atoms with Gasteiger partial charge >= 0.3 is 5.97 Å². The number of esters is 1. The van der Waals surface area contributed by atoms with Crippen molar-refractivity contribution in [3.63, 3.8) is 0 Å². The molecule has 4 heteroatoms. The Morgan fingerprint density at radius 2 is 1.95 bits per heavy atom. The highest BCUT2D eigenvalue weighted by Gasteiger charge is 2.14. The van der Waals surface area contributed by atoms with E-state index in [-0.39, 0.29) is 12.0 Å². The minimum atomic E-state index is -0.384. The van der Waals surface area contributed by atoms with Crippen LogP contribution >= 0.6 is 0 Å². The van der Waals surface area contributed by atoms with E-state index >= 15 is 0 Å². The van der Waals surface area contributed by atoms with E-state index in [1.54, 1.807) is 12.1 Å². The molecule has 2 aromatic carbocycles. The Morgan fingerprint density at radius 1 is 1.23 bits per heavy atom. The molecule has 0 heterocycles. The molecule has 3 N–H and O–H groups in total. The smallest absolute Gasteiger partial charge is 0.340 e. The Kier molecular flexibility index (Phi) is 5.42. The number of nitrogen functional groups attached to an aromatic ring is 1. The van der Waals surface area contributed by atoms with Gasteiger partial charge in [0.1, 0.15) is 0 Å². The van der Waals surface area contributed by atoms with E-state index in [9.17, 15) is 4.79 Å². The van der Waals surface area contributed by atoms with Gasteiger partial charge in [-0.2, -0.15) is 0 Å². The van der Waals surface area contributed by atoms with Crippen LogP contribution in [-0.4, -0.2) is 19.1 Å². The highest BCUT2D eigenvalue weighted by molar-refractivity contribution is 5.96. The topological polar surface area (TPSA) is 64.3 Å². The minimum Gasteiger partial charge on any atom is -0.465 e. The predicted octanol–water partition coefficient (Wildman–Crippen LogP) is 3.49. The molecule has 0 aliphatic heterocycles. The lowest BCUT2D eigenvalue weighted by Crippen LogP contribution is -2.18. The van der Waals surface area contributed by atoms with Gasteiger partial charge in [0, 0.05) is 17.4 Å². The summed E-state index contributed by atoms with van der Waals surface area (Å²) in [5.74, 6) is -0.384. The van der Waals surface area contributed by atoms with E-state index in [4.69, 9.17) is 10.5 Å². The second kappa shape index (κ2) is 7.50. The van der Waals surface area contributed by atoms with Gasteiger partial charge in [-0.3, -0.25) is 0 Å². The molecule has 22 heavy (non-hydrogen) atoms. The summed E-state index contributed by atoms with van der Waals surface area (Å²) >= 11 is 0. The molecule has 0 spiro atoms. The molecule has 2 aromatic rings. The first-order valence-electron chi connectivity index (χ1n) is 7.38. The molecule has 0 aliphatic carbocycles. The molecule has 0 saturated carbocycles. The van der Waals surface area contributed by atoms with Crippen LogP contribution in [0.1, 0.15) is 29.3 Å². The molecule has 2 rings (SSSR count). The van der Waals surface area contributed by atoms with Crippen LogP contribution in [0.25, 0.3) is 0 Å². The average molecular weight is 298 g/mol. The largest absolute Gasteiger partial charge is 0.465 e. The third kappa shape index (κ3) is 4.25. The van der Waals surface area contributed by atoms with Gasteiger partial charge in [-0.15, -0.1) is 0 Å². The van der Waals surface area contributed by atoms with E-state index in [1.165, 1.54) is 12.7 Å². The normalized spacial score (nSPS) is 11.7. The van der Waals surface area contributed by atoms with Gasteiger partial charge in [0.2, 0.25) is 0 Å². The first kappa shape index (κ1) is 15.9. The number of hydrogen-bond acceptors (Lipinski definition) is 4. The molecule has 1 atom stereocenters. The Hall–Kier alpha value is -2.49. The van der Waals surface area contributed by atoms with Gasteiger partial charge in [0.15, 0.2) is 0 Å². The number of rotatable bonds is 6. The van der Waals surface area contributed by atoms with Crippen molar-refractivity contribution in [2.24, 2.45) is 0 Å². The number of methoxy groups -OCH3 is 1. The Morgan fingerprint density at radius 3 is 2.64 bits per heavy atom. The summed E-state index contributed by atoms with van der Waals surface area (Å²) in [5, 5.41) is 3.37. The number of hydrogen-bond donors (Lipinski definition) is 2. The highest BCUT2D eigenvalue weighted by atomic mass is 16.5. The Bertz CT molecular complexity index is 626. The Balaban J connectivity index is 2.02. The third-order valence-electron chi connectivity index (χ3n) is 3.56. The summed E-state index contributed by atoms with van der Waals surface area (Å²) in [6, 6.07) is 15.8. The molecular weight excluding hydrogens is 276 g/mol. The molecule has 0 radical (unpaired) electrons. The summed E-state index contributed by atoms with van der Waals surface area (Å²) in [6.07, 6.45) is 1.95. The number of ether oxygens (including phenoxy) is 1. The molecule has 4 nitrogen and oxygen atoms in total. The summed E-state index contributed by atoms with van der Waals surface area (Å²) < 4.78 is 4.81. The average Bonchev–Trinajstić information content (AvgIpc) is 2.55. The fourth-order valence-corrected chi connectivity index (χ4v) is 2.33. The van der Waals surface area contributed by atoms with Crippen molar-refractivity contribution in [1.82, 2.24) is 0 Å². The van der Waals surface area contributed by atoms with Crippen LogP contribution in [0.15, 0.2) is 48.5 Å². The first-order valence-corrected chi connectivity index (χ1v) is 7.38. The number of anilines is 2. The summed E-state index contributed by atoms with van der Waals surface area (Å²) in [5.41, 5.74) is 8.82. The molecule has 116 valence electrons. The van der Waals surface area contributed by atoms with Crippen LogP contribution in [0.5, 0.6) is 0 Å². The molecule has 1 unspecified atom stereocenters. The van der Waals surface area contributed by atoms with Crippen LogP contribution in [-0.2, 0) is 11.2 Å². The standard InChI is InChI=1S/C18H22N2O2/c1-13(8-9-14-6-4-3-5-7-14)20-17-11-10-15(19)12-16(17)18(21)22-2/h3-7,10-13,20H,8-9,19H2,1-2H3. The number of nitrogens with two attached hydrogens (primary N) is 1. The minimum absolute atomic E-state index is 0.229. The van der Waals surface area contributed by atoms with Gasteiger partial charge in [-0.25, -0.2) is 4.79 Å². The summed E-state index contributed by atoms with van der Waals surface area (Å²) in [6.45, 7) is 2.10. The molecule has 0 amide bonds. The van der Waals surface area contributed by atoms with Gasteiger partial charge in [-0.1, -0.05) is 30.3 Å². The number of nitrogens with one attached hydrogen (secondary N) is 1. The van der Waals surface area contributed by atoms with Crippen molar-refractivity contribution in [2.45, 2.75) is 25.8 Å². The van der Waals surface area contributed by atoms with Gasteiger partial charge < -0.3 is 15.8 Å². The van der Waals surface area contributed by atoms with Crippen LogP contribution in [0.2, 0.25) is 0 Å². The maximum atomic E-state index is 11.8. The monoisotopic (exact) mass is 298 g/mol. The number of benzene rings is 2. The van der Waals surface area contributed by atoms with Gasteiger partial charge in [0.25, 0.3) is 0 Å². The molecule has 0 saturated heterocycles. The van der Waals surface area contributed by atoms with Crippen LogP contribution in [0.4, 0.5) is 11.4 Å². The zero-order valence-electron chi connectivity index (χ0n) is 13.0. The Labute approximate surface area is 131 Å².